The summed E-state index contributed by atoms with van der Waals surface area (Å²) in [7, 11) is 4.09. The molecular formula is C11H18BrN3. The van der Waals surface area contributed by atoms with Gasteiger partial charge in [0.2, 0.25) is 0 Å². The molecule has 0 aromatic heterocycles. The van der Waals surface area contributed by atoms with E-state index in [0.717, 1.165) is 17.4 Å². The second-order valence-electron chi connectivity index (χ2n) is 3.96. The third kappa shape index (κ3) is 4.75. The van der Waals surface area contributed by atoms with Gasteiger partial charge in [-0.05, 0) is 38.2 Å². The van der Waals surface area contributed by atoms with Crippen molar-refractivity contribution in [3.63, 3.8) is 0 Å². The second kappa shape index (κ2) is 6.23. The molecule has 1 unspecified atom stereocenters. The molecule has 84 valence electrons. The fraction of sp³-hybridized carbons (Fsp3) is 0.455. The minimum Gasteiger partial charge on any atom is -0.308 e. The van der Waals surface area contributed by atoms with Crippen LogP contribution >= 0.6 is 15.9 Å². The van der Waals surface area contributed by atoms with Gasteiger partial charge in [-0.25, -0.2) is 0 Å². The third-order valence-corrected chi connectivity index (χ3v) is 2.69. The molecule has 1 atom stereocenters. The zero-order valence-corrected chi connectivity index (χ0v) is 10.8. The van der Waals surface area contributed by atoms with Crippen molar-refractivity contribution in [2.45, 2.75) is 12.5 Å². The van der Waals surface area contributed by atoms with Crippen LogP contribution in [0.1, 0.15) is 5.56 Å². The number of nitrogens with zero attached hydrogens (tertiary/aromatic N) is 1. The summed E-state index contributed by atoms with van der Waals surface area (Å²) >= 11 is 3.46. The van der Waals surface area contributed by atoms with Crippen LogP contribution in [0.4, 0.5) is 0 Å². The van der Waals surface area contributed by atoms with Crippen LogP contribution in [-0.4, -0.2) is 31.6 Å². The summed E-state index contributed by atoms with van der Waals surface area (Å²) in [6, 6.07) is 8.60. The first-order chi connectivity index (χ1) is 7.11. The molecule has 0 spiro atoms. The molecule has 0 fully saturated rings. The fourth-order valence-corrected chi connectivity index (χ4v) is 2.01. The smallest absolute Gasteiger partial charge is 0.0377 e. The zero-order valence-electron chi connectivity index (χ0n) is 9.20. The summed E-state index contributed by atoms with van der Waals surface area (Å²) in [5.41, 5.74) is 4.13. The van der Waals surface area contributed by atoms with Crippen molar-refractivity contribution >= 4 is 15.9 Å². The Morgan fingerprint density at radius 3 is 2.73 bits per heavy atom. The molecule has 0 radical (unpaired) electrons. The fourth-order valence-electron chi connectivity index (χ4n) is 1.57. The van der Waals surface area contributed by atoms with Crippen LogP contribution in [-0.2, 0) is 6.42 Å². The van der Waals surface area contributed by atoms with Crippen LogP contribution in [0.3, 0.4) is 0 Å². The molecule has 0 aliphatic carbocycles. The van der Waals surface area contributed by atoms with Gasteiger partial charge in [-0.3, -0.25) is 11.3 Å². The lowest BCUT2D eigenvalue weighted by molar-refractivity contribution is 0.338. The Bertz CT molecular complexity index is 302. The molecule has 4 heteroatoms. The Labute approximate surface area is 99.7 Å². The predicted molar refractivity (Wildman–Crippen MR) is 67.5 cm³/mol. The van der Waals surface area contributed by atoms with Gasteiger partial charge in [-0.1, -0.05) is 28.1 Å². The number of halogens is 1. The minimum absolute atomic E-state index is 0.286. The number of likely N-dealkylation sites (N-methyl/N-ethyl adjacent to an activating group) is 1. The Morgan fingerprint density at radius 1 is 1.47 bits per heavy atom. The largest absolute Gasteiger partial charge is 0.308 e. The first kappa shape index (κ1) is 12.6. The third-order valence-electron chi connectivity index (χ3n) is 2.19. The van der Waals surface area contributed by atoms with Crippen LogP contribution in [0.2, 0.25) is 0 Å². The Hall–Kier alpha value is -0.420. The van der Waals surface area contributed by atoms with Gasteiger partial charge >= 0.3 is 0 Å². The van der Waals surface area contributed by atoms with E-state index in [0.29, 0.717) is 0 Å². The number of benzene rings is 1. The molecule has 15 heavy (non-hydrogen) atoms. The Morgan fingerprint density at radius 2 is 2.20 bits per heavy atom. The summed E-state index contributed by atoms with van der Waals surface area (Å²) in [6.07, 6.45) is 0.939. The van der Waals surface area contributed by atoms with E-state index in [-0.39, 0.29) is 6.04 Å². The number of hydrogen-bond donors (Lipinski definition) is 2. The van der Waals surface area contributed by atoms with E-state index in [4.69, 9.17) is 5.84 Å². The number of hydrazine groups is 1. The van der Waals surface area contributed by atoms with Crippen molar-refractivity contribution in [1.29, 1.82) is 0 Å². The lowest BCUT2D eigenvalue weighted by Crippen LogP contribution is -2.43. The second-order valence-corrected chi connectivity index (χ2v) is 4.88. The quantitative estimate of drug-likeness (QED) is 0.628. The number of rotatable bonds is 5. The van der Waals surface area contributed by atoms with E-state index >= 15 is 0 Å². The molecule has 0 bridgehead atoms. The molecule has 0 saturated heterocycles. The predicted octanol–water partition coefficient (Wildman–Crippen LogP) is 1.39. The van der Waals surface area contributed by atoms with Crippen LogP contribution in [0.15, 0.2) is 28.7 Å². The standard InChI is InChI=1S/C11H18BrN3/c1-15(2)8-11(14-13)7-9-4-3-5-10(12)6-9/h3-6,11,14H,7-8,13H2,1-2H3. The molecule has 1 rings (SSSR count). The summed E-state index contributed by atoms with van der Waals surface area (Å²) in [5.74, 6) is 5.52. The van der Waals surface area contributed by atoms with Gasteiger partial charge in [0, 0.05) is 17.1 Å². The normalized spacial score (nSPS) is 13.1. The summed E-state index contributed by atoms with van der Waals surface area (Å²) in [6.45, 7) is 0.934. The van der Waals surface area contributed by atoms with E-state index in [9.17, 15) is 0 Å². The van der Waals surface area contributed by atoms with Gasteiger partial charge in [0.15, 0.2) is 0 Å². The molecule has 3 N–H and O–H groups in total. The monoisotopic (exact) mass is 271 g/mol. The molecule has 3 nitrogen and oxygen atoms in total. The topological polar surface area (TPSA) is 41.3 Å². The van der Waals surface area contributed by atoms with Crippen LogP contribution < -0.4 is 11.3 Å². The van der Waals surface area contributed by atoms with Crippen molar-refractivity contribution < 1.29 is 0 Å². The first-order valence-electron chi connectivity index (χ1n) is 4.97. The van der Waals surface area contributed by atoms with Gasteiger partial charge in [0.05, 0.1) is 0 Å². The lowest BCUT2D eigenvalue weighted by atomic mass is 10.1. The summed E-state index contributed by atoms with van der Waals surface area (Å²) < 4.78 is 1.11. The summed E-state index contributed by atoms with van der Waals surface area (Å²) in [5, 5.41) is 0. The highest BCUT2D eigenvalue weighted by Crippen LogP contribution is 2.13. The number of nitrogens with two attached hydrogens (primary N) is 1. The average molecular weight is 272 g/mol. The molecule has 0 aliphatic heterocycles. The maximum Gasteiger partial charge on any atom is 0.0377 e. The van der Waals surface area contributed by atoms with Crippen LogP contribution in [0, 0.1) is 0 Å². The molecule has 0 saturated carbocycles. The zero-order chi connectivity index (χ0) is 11.3. The highest BCUT2D eigenvalue weighted by molar-refractivity contribution is 9.10. The average Bonchev–Trinajstić information content (AvgIpc) is 2.16. The van der Waals surface area contributed by atoms with Crippen LogP contribution in [0.25, 0.3) is 0 Å². The van der Waals surface area contributed by atoms with E-state index in [1.807, 2.05) is 26.2 Å². The minimum atomic E-state index is 0.286. The molecule has 0 aliphatic rings. The van der Waals surface area contributed by atoms with Crippen LogP contribution in [0.5, 0.6) is 0 Å². The van der Waals surface area contributed by atoms with Crippen molar-refractivity contribution in [3.8, 4) is 0 Å². The van der Waals surface area contributed by atoms with E-state index < -0.39 is 0 Å². The van der Waals surface area contributed by atoms with Gasteiger partial charge < -0.3 is 4.90 Å². The Balaban J connectivity index is 2.58. The number of nitrogens with one attached hydrogen (secondary N) is 1. The van der Waals surface area contributed by atoms with Gasteiger partial charge in [0.25, 0.3) is 0 Å². The van der Waals surface area contributed by atoms with Gasteiger partial charge in [0.1, 0.15) is 0 Å². The first-order valence-corrected chi connectivity index (χ1v) is 5.76. The Kier molecular flexibility index (Phi) is 5.25. The van der Waals surface area contributed by atoms with Crippen molar-refractivity contribution in [1.82, 2.24) is 10.3 Å². The van der Waals surface area contributed by atoms with E-state index in [1.165, 1.54) is 5.56 Å². The maximum atomic E-state index is 5.52. The van der Waals surface area contributed by atoms with E-state index in [1.54, 1.807) is 0 Å². The van der Waals surface area contributed by atoms with Gasteiger partial charge in [-0.2, -0.15) is 0 Å². The van der Waals surface area contributed by atoms with E-state index in [2.05, 4.69) is 38.4 Å². The van der Waals surface area contributed by atoms with Gasteiger partial charge in [-0.15, -0.1) is 0 Å². The summed E-state index contributed by atoms with van der Waals surface area (Å²) in [4.78, 5) is 2.13. The molecular weight excluding hydrogens is 254 g/mol. The number of hydrogen-bond acceptors (Lipinski definition) is 3. The molecule has 0 heterocycles. The van der Waals surface area contributed by atoms with Crippen molar-refractivity contribution in [2.75, 3.05) is 20.6 Å². The van der Waals surface area contributed by atoms with Crippen molar-refractivity contribution in [3.05, 3.63) is 34.3 Å². The maximum absolute atomic E-state index is 5.52. The lowest BCUT2D eigenvalue weighted by Gasteiger charge is -2.20. The van der Waals surface area contributed by atoms with Crippen molar-refractivity contribution in [2.24, 2.45) is 5.84 Å². The highest BCUT2D eigenvalue weighted by atomic mass is 79.9. The SMILES string of the molecule is CN(C)CC(Cc1cccc(Br)c1)NN. The highest BCUT2D eigenvalue weighted by Gasteiger charge is 2.08. The molecule has 1 aromatic carbocycles. The molecule has 0 amide bonds. The molecule has 1 aromatic rings.